The average molecular weight is 669 g/mol. The summed E-state index contributed by atoms with van der Waals surface area (Å²) in [7, 11) is 1.58. The largest absolute Gasteiger partial charge is 0.494 e. The molecule has 260 valence electrons. The number of hydrogen-bond acceptors (Lipinski definition) is 11. The number of rotatable bonds is 8. The SMILES string of the molecule is CC.COc1cc(N2CCC(N3CCN(C4CC4)CC3)CC2)c([N+](=O)[O-])cc1Nc1cc(N2CCCO2)ncn1.Fc1cccc(F)c1. The van der Waals surface area contributed by atoms with E-state index in [1.807, 2.05) is 13.8 Å². The number of nitro benzene ring substituents is 1. The van der Waals surface area contributed by atoms with Crippen LogP contribution in [0, 0.1) is 21.7 Å². The number of ether oxygens (including phenoxy) is 1. The zero-order valence-electron chi connectivity index (χ0n) is 28.0. The second-order valence-electron chi connectivity index (χ2n) is 11.9. The summed E-state index contributed by atoms with van der Waals surface area (Å²) in [6.45, 7) is 11.6. The maximum absolute atomic E-state index is 12.1. The zero-order valence-corrected chi connectivity index (χ0v) is 28.0. The Bertz CT molecular complexity index is 1470. The molecular weight excluding hydrogens is 622 g/mol. The summed E-state index contributed by atoms with van der Waals surface area (Å²) < 4.78 is 29.5. The van der Waals surface area contributed by atoms with Gasteiger partial charge in [-0.3, -0.25) is 24.8 Å². The molecule has 7 rings (SSSR count). The normalized spacial score (nSPS) is 18.8. The van der Waals surface area contributed by atoms with E-state index >= 15 is 0 Å². The van der Waals surface area contributed by atoms with Crippen LogP contribution in [-0.4, -0.2) is 96.3 Å². The fourth-order valence-electron chi connectivity index (χ4n) is 6.38. The maximum atomic E-state index is 12.1. The minimum atomic E-state index is -0.537. The lowest BCUT2D eigenvalue weighted by Gasteiger charge is -2.43. The fourth-order valence-corrected chi connectivity index (χ4v) is 6.38. The number of hydroxylamine groups is 1. The molecule has 1 aliphatic carbocycles. The van der Waals surface area contributed by atoms with Crippen LogP contribution in [0.4, 0.5) is 37.5 Å². The lowest BCUT2D eigenvalue weighted by molar-refractivity contribution is -0.384. The van der Waals surface area contributed by atoms with E-state index in [-0.39, 0.29) is 10.6 Å². The number of anilines is 4. The van der Waals surface area contributed by atoms with Crippen molar-refractivity contribution in [3.63, 3.8) is 0 Å². The molecule has 12 nitrogen and oxygen atoms in total. The summed E-state index contributed by atoms with van der Waals surface area (Å²) in [6.07, 6.45) is 7.12. The van der Waals surface area contributed by atoms with Crippen molar-refractivity contribution in [2.75, 3.05) is 74.8 Å². The summed E-state index contributed by atoms with van der Waals surface area (Å²) in [5, 5.41) is 17.1. The van der Waals surface area contributed by atoms with Crippen LogP contribution < -0.4 is 20.0 Å². The van der Waals surface area contributed by atoms with Crippen LogP contribution >= 0.6 is 0 Å². The zero-order chi connectivity index (χ0) is 34.0. The number of nitro groups is 1. The second-order valence-corrected chi connectivity index (χ2v) is 11.9. The molecule has 3 aliphatic heterocycles. The van der Waals surface area contributed by atoms with Crippen molar-refractivity contribution in [3.05, 3.63) is 70.5 Å². The Balaban J connectivity index is 0.000000392. The Morgan fingerprint density at radius 2 is 1.54 bits per heavy atom. The number of nitrogens with zero attached hydrogens (tertiary/aromatic N) is 7. The van der Waals surface area contributed by atoms with Crippen LogP contribution in [0.2, 0.25) is 0 Å². The van der Waals surface area contributed by atoms with Crippen LogP contribution in [0.5, 0.6) is 5.75 Å². The van der Waals surface area contributed by atoms with E-state index in [0.29, 0.717) is 41.4 Å². The molecular formula is C34H46F2N8O4. The molecule has 0 unspecified atom stereocenters. The van der Waals surface area contributed by atoms with Crippen LogP contribution in [0.1, 0.15) is 46.0 Å². The number of nitrogens with one attached hydrogen (secondary N) is 1. The van der Waals surface area contributed by atoms with Crippen LogP contribution in [0.3, 0.4) is 0 Å². The van der Waals surface area contributed by atoms with Crippen LogP contribution in [0.25, 0.3) is 0 Å². The topological polar surface area (TPSA) is 112 Å². The Morgan fingerprint density at radius 3 is 2.06 bits per heavy atom. The molecule has 0 bridgehead atoms. The minimum absolute atomic E-state index is 0.0574. The van der Waals surface area contributed by atoms with Crippen molar-refractivity contribution in [1.29, 1.82) is 0 Å². The van der Waals surface area contributed by atoms with Crippen molar-refractivity contribution >= 4 is 28.7 Å². The molecule has 3 aromatic rings. The summed E-state index contributed by atoms with van der Waals surface area (Å²) in [5.74, 6) is 0.604. The second kappa shape index (κ2) is 16.8. The molecule has 1 aromatic heterocycles. The highest BCUT2D eigenvalue weighted by Gasteiger charge is 2.34. The molecule has 0 radical (unpaired) electrons. The standard InChI is InChI=1S/C26H36N8O4.C6H4F2.C2H6/c1-37-24-16-22(32-8-5-20(6-9-32)31-12-10-30(11-13-31)19-3-4-19)23(34(35)36)15-21(24)29-25-17-26(28-18-27-25)33-7-2-14-38-33;7-5-2-1-3-6(8)4-5;1-2/h15-20H,2-14H2,1H3,(H,27,28,29);1-4H;1-2H3. The number of methoxy groups -OCH3 is 1. The van der Waals surface area contributed by atoms with Gasteiger partial charge in [-0.2, -0.15) is 0 Å². The highest BCUT2D eigenvalue weighted by Crippen LogP contribution is 2.41. The fraction of sp³-hybridized carbons (Fsp3) is 0.529. The molecule has 2 aromatic carbocycles. The Labute approximate surface area is 280 Å². The maximum Gasteiger partial charge on any atom is 0.294 e. The first kappa shape index (κ1) is 35.2. The number of aromatic nitrogens is 2. The van der Waals surface area contributed by atoms with Crippen molar-refractivity contribution in [2.24, 2.45) is 0 Å². The van der Waals surface area contributed by atoms with Gasteiger partial charge in [-0.15, -0.1) is 0 Å². The molecule has 0 atom stereocenters. The molecule has 3 saturated heterocycles. The van der Waals surface area contributed by atoms with Gasteiger partial charge in [0.15, 0.2) is 5.82 Å². The van der Waals surface area contributed by atoms with Crippen LogP contribution in [0.15, 0.2) is 48.8 Å². The summed E-state index contributed by atoms with van der Waals surface area (Å²) in [6, 6.07) is 11.0. The van der Waals surface area contributed by atoms with Gasteiger partial charge >= 0.3 is 0 Å². The van der Waals surface area contributed by atoms with Gasteiger partial charge in [0.2, 0.25) is 0 Å². The van der Waals surface area contributed by atoms with Gasteiger partial charge in [-0.25, -0.2) is 23.8 Å². The van der Waals surface area contributed by atoms with Crippen LogP contribution in [-0.2, 0) is 4.84 Å². The summed E-state index contributed by atoms with van der Waals surface area (Å²) >= 11 is 0. The molecule has 1 saturated carbocycles. The van der Waals surface area contributed by atoms with E-state index < -0.39 is 11.6 Å². The molecule has 48 heavy (non-hydrogen) atoms. The van der Waals surface area contributed by atoms with E-state index in [0.717, 1.165) is 64.1 Å². The minimum Gasteiger partial charge on any atom is -0.494 e. The predicted molar refractivity (Wildman–Crippen MR) is 182 cm³/mol. The first-order chi connectivity index (χ1) is 23.4. The number of benzene rings is 2. The summed E-state index contributed by atoms with van der Waals surface area (Å²) in [5.41, 5.74) is 1.14. The molecule has 4 aliphatic rings. The van der Waals surface area contributed by atoms with Gasteiger partial charge in [0.1, 0.15) is 35.2 Å². The van der Waals surface area contributed by atoms with Gasteiger partial charge in [0.05, 0.1) is 24.3 Å². The molecule has 0 amide bonds. The van der Waals surface area contributed by atoms with E-state index in [1.165, 1.54) is 50.5 Å². The highest BCUT2D eigenvalue weighted by atomic mass is 19.1. The number of piperazine rings is 1. The first-order valence-electron chi connectivity index (χ1n) is 16.9. The Morgan fingerprint density at radius 1 is 0.896 bits per heavy atom. The molecule has 4 heterocycles. The van der Waals surface area contributed by atoms with E-state index in [4.69, 9.17) is 9.57 Å². The molecule has 14 heteroatoms. The third-order valence-corrected chi connectivity index (χ3v) is 8.94. The van der Waals surface area contributed by atoms with Crippen molar-refractivity contribution in [1.82, 2.24) is 19.8 Å². The molecule has 0 spiro atoms. The summed E-state index contributed by atoms with van der Waals surface area (Å²) in [4.78, 5) is 33.4. The third kappa shape index (κ3) is 9.05. The number of piperidine rings is 1. The number of hydrogen-bond donors (Lipinski definition) is 1. The molecule has 1 N–H and O–H groups in total. The van der Waals surface area contributed by atoms with Gasteiger partial charge < -0.3 is 15.0 Å². The number of halogens is 2. The smallest absolute Gasteiger partial charge is 0.294 e. The van der Waals surface area contributed by atoms with Crippen molar-refractivity contribution < 1.29 is 23.3 Å². The first-order valence-corrected chi connectivity index (χ1v) is 16.9. The van der Waals surface area contributed by atoms with Gasteiger partial charge in [0.25, 0.3) is 5.69 Å². The van der Waals surface area contributed by atoms with Gasteiger partial charge in [0, 0.05) is 82.2 Å². The van der Waals surface area contributed by atoms with E-state index in [2.05, 4.69) is 30.0 Å². The van der Waals surface area contributed by atoms with E-state index in [1.54, 1.807) is 30.4 Å². The van der Waals surface area contributed by atoms with E-state index in [9.17, 15) is 18.9 Å². The Kier molecular flexibility index (Phi) is 12.3. The quantitative estimate of drug-likeness (QED) is 0.225. The Hall–Kier alpha value is -4.14. The molecule has 4 fully saturated rings. The van der Waals surface area contributed by atoms with Gasteiger partial charge in [-0.1, -0.05) is 19.9 Å². The monoisotopic (exact) mass is 668 g/mol. The highest BCUT2D eigenvalue weighted by molar-refractivity contribution is 5.77. The average Bonchev–Trinajstić information content (AvgIpc) is 3.82. The third-order valence-electron chi connectivity index (χ3n) is 8.94. The van der Waals surface area contributed by atoms with Crippen molar-refractivity contribution in [2.45, 2.75) is 58.0 Å². The van der Waals surface area contributed by atoms with Gasteiger partial charge in [-0.05, 0) is 44.2 Å². The lowest BCUT2D eigenvalue weighted by atomic mass is 10.0. The predicted octanol–water partition coefficient (Wildman–Crippen LogP) is 6.02. The lowest BCUT2D eigenvalue weighted by Crippen LogP contribution is -2.53. The van der Waals surface area contributed by atoms with Crippen molar-refractivity contribution in [3.8, 4) is 5.75 Å².